The van der Waals surface area contributed by atoms with Gasteiger partial charge in [0, 0.05) is 38.6 Å². The maximum atomic E-state index is 12.9. The van der Waals surface area contributed by atoms with E-state index >= 15 is 0 Å². The lowest BCUT2D eigenvalue weighted by atomic mass is 9.94. The van der Waals surface area contributed by atoms with Gasteiger partial charge >= 0.3 is 0 Å². The van der Waals surface area contributed by atoms with Crippen molar-refractivity contribution in [2.24, 2.45) is 5.92 Å². The van der Waals surface area contributed by atoms with Crippen molar-refractivity contribution in [1.29, 1.82) is 0 Å². The molecule has 25 heavy (non-hydrogen) atoms. The minimum atomic E-state index is -0.183. The first kappa shape index (κ1) is 17.7. The molecule has 1 N–H and O–H groups in total. The van der Waals surface area contributed by atoms with Gasteiger partial charge in [-0.3, -0.25) is 14.9 Å². The molecule has 5 heteroatoms. The second-order valence-electron chi connectivity index (χ2n) is 6.75. The molecule has 0 aliphatic carbocycles. The number of amides is 2. The number of piperidine rings is 1. The fourth-order valence-corrected chi connectivity index (χ4v) is 3.59. The number of hydrogen-bond acceptors (Lipinski definition) is 3. The predicted octanol–water partition coefficient (Wildman–Crippen LogP) is 1.80. The molecule has 0 aromatic heterocycles. The Hall–Kier alpha value is -2.14. The second-order valence-corrected chi connectivity index (χ2v) is 6.75. The first-order valence-electron chi connectivity index (χ1n) is 9.20. The van der Waals surface area contributed by atoms with Gasteiger partial charge in [-0.15, -0.1) is 0 Å². The Morgan fingerprint density at radius 1 is 1.20 bits per heavy atom. The normalized spacial score (nSPS) is 20.7. The van der Waals surface area contributed by atoms with E-state index in [0.29, 0.717) is 26.2 Å². The van der Waals surface area contributed by atoms with Crippen molar-refractivity contribution in [2.75, 3.05) is 26.2 Å². The summed E-state index contributed by atoms with van der Waals surface area (Å²) in [5.41, 5.74) is 1.16. The van der Waals surface area contributed by atoms with Crippen LogP contribution in [-0.4, -0.2) is 53.8 Å². The third-order valence-corrected chi connectivity index (χ3v) is 5.12. The van der Waals surface area contributed by atoms with E-state index in [-0.39, 0.29) is 23.8 Å². The highest BCUT2D eigenvalue weighted by Crippen LogP contribution is 2.21. The maximum absolute atomic E-state index is 12.9. The van der Waals surface area contributed by atoms with Gasteiger partial charge in [0.05, 0.1) is 0 Å². The average molecular weight is 341 g/mol. The van der Waals surface area contributed by atoms with Gasteiger partial charge in [-0.2, -0.15) is 0 Å². The highest BCUT2D eigenvalue weighted by molar-refractivity contribution is 5.85. The third-order valence-electron chi connectivity index (χ3n) is 5.12. The predicted molar refractivity (Wildman–Crippen MR) is 97.8 cm³/mol. The minimum Gasteiger partial charge on any atom is -0.341 e. The van der Waals surface area contributed by atoms with Crippen molar-refractivity contribution < 1.29 is 9.59 Å². The molecule has 1 aromatic rings. The maximum Gasteiger partial charge on any atom is 0.243 e. The lowest BCUT2D eigenvalue weighted by molar-refractivity contribution is -0.141. The molecule has 1 saturated heterocycles. The molecule has 2 amide bonds. The number of likely N-dealkylation sites (tertiary alicyclic amines) is 1. The molecular formula is C20H27N3O2. The molecule has 1 unspecified atom stereocenters. The lowest BCUT2D eigenvalue weighted by Gasteiger charge is -2.35. The van der Waals surface area contributed by atoms with Crippen molar-refractivity contribution >= 4 is 11.8 Å². The van der Waals surface area contributed by atoms with Gasteiger partial charge in [0.25, 0.3) is 0 Å². The van der Waals surface area contributed by atoms with Gasteiger partial charge in [0.1, 0.15) is 6.04 Å². The third kappa shape index (κ3) is 4.28. The summed E-state index contributed by atoms with van der Waals surface area (Å²) in [4.78, 5) is 29.1. The smallest absolute Gasteiger partial charge is 0.243 e. The summed E-state index contributed by atoms with van der Waals surface area (Å²) in [6.07, 6.45) is 5.43. The van der Waals surface area contributed by atoms with Crippen LogP contribution in [0.5, 0.6) is 0 Å². The summed E-state index contributed by atoms with van der Waals surface area (Å²) in [5, 5.41) is 3.16. The number of carbonyl (C=O) groups is 2. The van der Waals surface area contributed by atoms with Crippen LogP contribution >= 0.6 is 0 Å². The fourth-order valence-electron chi connectivity index (χ4n) is 3.59. The SMILES string of the molecule is CCN(Cc1ccccc1)C(=O)C1CCN(C(=O)C2C=CCN2)CC1. The zero-order chi connectivity index (χ0) is 17.6. The quantitative estimate of drug-likeness (QED) is 0.831. The van der Waals surface area contributed by atoms with Crippen LogP contribution in [0.1, 0.15) is 25.3 Å². The first-order chi connectivity index (χ1) is 12.2. The molecule has 0 saturated carbocycles. The molecule has 3 rings (SSSR count). The molecule has 1 atom stereocenters. The topological polar surface area (TPSA) is 52.7 Å². The van der Waals surface area contributed by atoms with Gasteiger partial charge in [-0.25, -0.2) is 0 Å². The van der Waals surface area contributed by atoms with Crippen LogP contribution in [0.15, 0.2) is 42.5 Å². The van der Waals surface area contributed by atoms with Gasteiger partial charge in [0.15, 0.2) is 0 Å². The molecule has 0 spiro atoms. The summed E-state index contributed by atoms with van der Waals surface area (Å²) >= 11 is 0. The molecule has 2 aliphatic heterocycles. The monoisotopic (exact) mass is 341 g/mol. The molecule has 2 heterocycles. The number of rotatable bonds is 5. The average Bonchev–Trinajstić information content (AvgIpc) is 3.21. The summed E-state index contributed by atoms with van der Waals surface area (Å²) in [7, 11) is 0. The number of benzene rings is 1. The molecule has 5 nitrogen and oxygen atoms in total. The molecule has 1 aromatic carbocycles. The van der Waals surface area contributed by atoms with Crippen LogP contribution in [0.25, 0.3) is 0 Å². The minimum absolute atomic E-state index is 0.0276. The zero-order valence-corrected chi connectivity index (χ0v) is 14.9. The van der Waals surface area contributed by atoms with E-state index in [1.54, 1.807) is 0 Å². The van der Waals surface area contributed by atoms with E-state index in [9.17, 15) is 9.59 Å². The largest absolute Gasteiger partial charge is 0.341 e. The first-order valence-corrected chi connectivity index (χ1v) is 9.20. The Kier molecular flexibility index (Phi) is 5.87. The summed E-state index contributed by atoms with van der Waals surface area (Å²) in [5.74, 6) is 0.383. The summed E-state index contributed by atoms with van der Waals surface area (Å²) in [6.45, 7) is 5.50. The van der Waals surface area contributed by atoms with E-state index < -0.39 is 0 Å². The molecule has 0 radical (unpaired) electrons. The molecule has 1 fully saturated rings. The van der Waals surface area contributed by atoms with Gasteiger partial charge in [-0.05, 0) is 25.3 Å². The Bertz CT molecular complexity index is 621. The highest BCUT2D eigenvalue weighted by atomic mass is 16.2. The number of nitrogens with one attached hydrogen (secondary N) is 1. The number of hydrogen-bond donors (Lipinski definition) is 1. The van der Waals surface area contributed by atoms with Gasteiger partial charge < -0.3 is 9.80 Å². The van der Waals surface area contributed by atoms with Crippen molar-refractivity contribution in [3.63, 3.8) is 0 Å². The zero-order valence-electron chi connectivity index (χ0n) is 14.9. The highest BCUT2D eigenvalue weighted by Gasteiger charge is 2.32. The van der Waals surface area contributed by atoms with E-state index in [0.717, 1.165) is 24.9 Å². The molecule has 0 bridgehead atoms. The van der Waals surface area contributed by atoms with E-state index in [4.69, 9.17) is 0 Å². The number of carbonyl (C=O) groups excluding carboxylic acids is 2. The summed E-state index contributed by atoms with van der Waals surface area (Å²) < 4.78 is 0. The van der Waals surface area contributed by atoms with Crippen LogP contribution in [0.2, 0.25) is 0 Å². The molecular weight excluding hydrogens is 314 g/mol. The van der Waals surface area contributed by atoms with Crippen LogP contribution in [0, 0.1) is 5.92 Å². The molecule has 2 aliphatic rings. The molecule has 134 valence electrons. The fraction of sp³-hybridized carbons (Fsp3) is 0.500. The van der Waals surface area contributed by atoms with Gasteiger partial charge in [-0.1, -0.05) is 42.5 Å². The summed E-state index contributed by atoms with van der Waals surface area (Å²) in [6, 6.07) is 9.92. The van der Waals surface area contributed by atoms with Crippen molar-refractivity contribution in [3.8, 4) is 0 Å². The van der Waals surface area contributed by atoms with Crippen molar-refractivity contribution in [1.82, 2.24) is 15.1 Å². The van der Waals surface area contributed by atoms with E-state index in [1.165, 1.54) is 0 Å². The van der Waals surface area contributed by atoms with Crippen LogP contribution in [0.3, 0.4) is 0 Å². The van der Waals surface area contributed by atoms with Crippen molar-refractivity contribution in [2.45, 2.75) is 32.4 Å². The Labute approximate surface area is 149 Å². The van der Waals surface area contributed by atoms with Crippen LogP contribution < -0.4 is 5.32 Å². The Morgan fingerprint density at radius 3 is 2.52 bits per heavy atom. The lowest BCUT2D eigenvalue weighted by Crippen LogP contribution is -2.49. The second kappa shape index (κ2) is 8.30. The van der Waals surface area contributed by atoms with E-state index in [2.05, 4.69) is 17.4 Å². The van der Waals surface area contributed by atoms with Gasteiger partial charge in [0.2, 0.25) is 11.8 Å². The Morgan fingerprint density at radius 2 is 1.92 bits per heavy atom. The number of nitrogens with zero attached hydrogens (tertiary/aromatic N) is 2. The standard InChI is InChI=1S/C20H27N3O2/c1-2-22(15-16-7-4-3-5-8-16)19(24)17-10-13-23(14-11-17)20(25)18-9-6-12-21-18/h3-9,17-18,21H,2,10-15H2,1H3. The van der Waals surface area contributed by atoms with E-state index in [1.807, 2.05) is 47.1 Å². The van der Waals surface area contributed by atoms with Crippen LogP contribution in [0.4, 0.5) is 0 Å². The van der Waals surface area contributed by atoms with Crippen molar-refractivity contribution in [3.05, 3.63) is 48.0 Å². The Balaban J connectivity index is 1.53. The van der Waals surface area contributed by atoms with Crippen LogP contribution in [-0.2, 0) is 16.1 Å².